The molecule has 1 fully saturated rings. The molecule has 20 heavy (non-hydrogen) atoms. The molecule has 3 rings (SSSR count). The van der Waals surface area contributed by atoms with Gasteiger partial charge in [0.15, 0.2) is 0 Å². The van der Waals surface area contributed by atoms with Gasteiger partial charge in [-0.2, -0.15) is 13.2 Å². The van der Waals surface area contributed by atoms with Crippen LogP contribution in [0.3, 0.4) is 0 Å². The van der Waals surface area contributed by atoms with Crippen LogP contribution in [0.1, 0.15) is 24.8 Å². The van der Waals surface area contributed by atoms with Crippen molar-refractivity contribution >= 4 is 17.3 Å². The average molecular weight is 284 g/mol. The zero-order chi connectivity index (χ0) is 14.5. The molecule has 6 heteroatoms. The first-order chi connectivity index (χ1) is 9.33. The summed E-state index contributed by atoms with van der Waals surface area (Å²) in [6.45, 7) is 0.465. The first-order valence-electron chi connectivity index (χ1n) is 6.56. The lowest BCUT2D eigenvalue weighted by Crippen LogP contribution is -2.47. The van der Waals surface area contributed by atoms with Gasteiger partial charge in [-0.3, -0.25) is 4.79 Å². The van der Waals surface area contributed by atoms with Gasteiger partial charge in [0.25, 0.3) is 0 Å². The molecule has 0 aromatic heterocycles. The van der Waals surface area contributed by atoms with Crippen molar-refractivity contribution in [3.8, 4) is 0 Å². The zero-order valence-electron chi connectivity index (χ0n) is 11.0. The molecular weight excluding hydrogens is 269 g/mol. The Morgan fingerprint density at radius 2 is 2.00 bits per heavy atom. The lowest BCUT2D eigenvalue weighted by molar-refractivity contribution is -0.137. The number of hydrogen-bond donors (Lipinski definition) is 1. The summed E-state index contributed by atoms with van der Waals surface area (Å²) in [5.74, 6) is -0.286. The number of carbonyl (C=O) groups excluding carboxylic acids is 1. The van der Waals surface area contributed by atoms with Gasteiger partial charge < -0.3 is 10.2 Å². The number of anilines is 2. The summed E-state index contributed by atoms with van der Waals surface area (Å²) in [6, 6.07) is 4.00. The molecule has 1 aromatic rings. The van der Waals surface area contributed by atoms with E-state index in [2.05, 4.69) is 5.32 Å². The first kappa shape index (κ1) is 13.3. The van der Waals surface area contributed by atoms with Crippen molar-refractivity contribution in [1.29, 1.82) is 0 Å². The van der Waals surface area contributed by atoms with Crippen LogP contribution >= 0.6 is 0 Å². The number of nitrogens with zero attached hydrogens (tertiary/aromatic N) is 1. The van der Waals surface area contributed by atoms with Crippen LogP contribution in [0.5, 0.6) is 0 Å². The summed E-state index contributed by atoms with van der Waals surface area (Å²) in [4.78, 5) is 14.1. The Labute approximate surface area is 114 Å². The predicted molar refractivity (Wildman–Crippen MR) is 69.6 cm³/mol. The fourth-order valence-corrected chi connectivity index (χ4v) is 3.07. The molecule has 1 spiro atoms. The Balaban J connectivity index is 2.10. The molecule has 0 atom stereocenters. The SMILES string of the molecule is CN1CC2(CCC2)C(=O)Nc2c1cccc2C(F)(F)F. The second kappa shape index (κ2) is 4.14. The lowest BCUT2D eigenvalue weighted by atomic mass is 9.68. The first-order valence-corrected chi connectivity index (χ1v) is 6.56. The number of alkyl halides is 3. The predicted octanol–water partition coefficient (Wildman–Crippen LogP) is 3.26. The van der Waals surface area contributed by atoms with Gasteiger partial charge in [-0.1, -0.05) is 12.5 Å². The van der Waals surface area contributed by atoms with Crippen molar-refractivity contribution in [1.82, 2.24) is 0 Å². The third kappa shape index (κ3) is 1.85. The van der Waals surface area contributed by atoms with E-state index < -0.39 is 17.2 Å². The summed E-state index contributed by atoms with van der Waals surface area (Å²) in [6.07, 6.45) is -2.06. The number of halogens is 3. The van der Waals surface area contributed by atoms with Crippen molar-refractivity contribution in [2.75, 3.05) is 23.8 Å². The van der Waals surface area contributed by atoms with E-state index in [0.29, 0.717) is 12.2 Å². The molecule has 1 heterocycles. The standard InChI is InChI=1S/C14H15F3N2O/c1-19-8-13(6-3-7-13)12(20)18-11-9(14(15,16)17)4-2-5-10(11)19/h2,4-5H,3,6-8H2,1H3,(H,18,20). The fourth-order valence-electron chi connectivity index (χ4n) is 3.07. The highest BCUT2D eigenvalue weighted by atomic mass is 19.4. The molecule has 3 nitrogen and oxygen atoms in total. The van der Waals surface area contributed by atoms with Gasteiger partial charge in [-0.15, -0.1) is 0 Å². The van der Waals surface area contributed by atoms with Crippen molar-refractivity contribution < 1.29 is 18.0 Å². The summed E-state index contributed by atoms with van der Waals surface area (Å²) >= 11 is 0. The van der Waals surface area contributed by atoms with Crippen molar-refractivity contribution in [3.63, 3.8) is 0 Å². The van der Waals surface area contributed by atoms with E-state index >= 15 is 0 Å². The average Bonchev–Trinajstić information content (AvgIpc) is 2.42. The largest absolute Gasteiger partial charge is 0.418 e. The summed E-state index contributed by atoms with van der Waals surface area (Å²) in [7, 11) is 1.74. The van der Waals surface area contributed by atoms with Crippen LogP contribution in [0.15, 0.2) is 18.2 Å². The molecule has 1 aliphatic carbocycles. The Kier molecular flexibility index (Phi) is 2.74. The fraction of sp³-hybridized carbons (Fsp3) is 0.500. The second-order valence-electron chi connectivity index (χ2n) is 5.64. The molecule has 1 amide bonds. The number of carbonyl (C=O) groups is 1. The van der Waals surface area contributed by atoms with Crippen LogP contribution in [-0.2, 0) is 11.0 Å². The van der Waals surface area contributed by atoms with Gasteiger partial charge in [0.1, 0.15) is 0 Å². The van der Waals surface area contributed by atoms with E-state index in [4.69, 9.17) is 0 Å². The molecule has 0 saturated heterocycles. The van der Waals surface area contributed by atoms with Gasteiger partial charge in [0.05, 0.1) is 22.4 Å². The van der Waals surface area contributed by atoms with Crippen LogP contribution in [0.25, 0.3) is 0 Å². The third-order valence-corrected chi connectivity index (χ3v) is 4.33. The summed E-state index contributed by atoms with van der Waals surface area (Å²) in [5, 5.41) is 2.52. The Morgan fingerprint density at radius 1 is 1.30 bits per heavy atom. The topological polar surface area (TPSA) is 32.3 Å². The molecule has 2 aliphatic rings. The van der Waals surface area contributed by atoms with Crippen molar-refractivity contribution in [2.45, 2.75) is 25.4 Å². The molecule has 1 N–H and O–H groups in total. The normalized spacial score (nSPS) is 21.0. The quantitative estimate of drug-likeness (QED) is 0.793. The molecular formula is C14H15F3N2O. The van der Waals surface area contributed by atoms with E-state index in [0.717, 1.165) is 25.3 Å². The monoisotopic (exact) mass is 284 g/mol. The number of amides is 1. The maximum atomic E-state index is 13.1. The highest BCUT2D eigenvalue weighted by molar-refractivity contribution is 6.01. The lowest BCUT2D eigenvalue weighted by Gasteiger charge is -2.40. The van der Waals surface area contributed by atoms with Crippen LogP contribution in [0, 0.1) is 5.41 Å². The highest BCUT2D eigenvalue weighted by Gasteiger charge is 2.48. The number of hydrogen-bond acceptors (Lipinski definition) is 2. The van der Waals surface area contributed by atoms with Gasteiger partial charge in [-0.25, -0.2) is 0 Å². The molecule has 1 aliphatic heterocycles. The molecule has 1 saturated carbocycles. The van der Waals surface area contributed by atoms with Gasteiger partial charge in [0, 0.05) is 13.6 Å². The molecule has 0 radical (unpaired) electrons. The van der Waals surface area contributed by atoms with E-state index in [9.17, 15) is 18.0 Å². The maximum Gasteiger partial charge on any atom is 0.418 e. The van der Waals surface area contributed by atoms with Crippen LogP contribution in [0.4, 0.5) is 24.5 Å². The number of benzene rings is 1. The van der Waals surface area contributed by atoms with Gasteiger partial charge in [0.2, 0.25) is 5.91 Å². The van der Waals surface area contributed by atoms with E-state index in [1.54, 1.807) is 18.0 Å². The molecule has 108 valence electrons. The minimum absolute atomic E-state index is 0.115. The molecule has 0 bridgehead atoms. The van der Waals surface area contributed by atoms with E-state index in [1.165, 1.54) is 6.07 Å². The maximum absolute atomic E-state index is 13.1. The number of fused-ring (bicyclic) bond motifs is 1. The zero-order valence-corrected chi connectivity index (χ0v) is 11.0. The van der Waals surface area contributed by atoms with Crippen molar-refractivity contribution in [2.24, 2.45) is 5.41 Å². The second-order valence-corrected chi connectivity index (χ2v) is 5.64. The van der Waals surface area contributed by atoms with E-state index in [1.807, 2.05) is 0 Å². The highest BCUT2D eigenvalue weighted by Crippen LogP contribution is 2.48. The van der Waals surface area contributed by atoms with Gasteiger partial charge in [-0.05, 0) is 25.0 Å². The number of para-hydroxylation sites is 1. The smallest absolute Gasteiger partial charge is 0.372 e. The minimum Gasteiger partial charge on any atom is -0.372 e. The molecule has 1 aromatic carbocycles. The number of rotatable bonds is 0. The van der Waals surface area contributed by atoms with E-state index in [-0.39, 0.29) is 11.6 Å². The van der Waals surface area contributed by atoms with Crippen LogP contribution in [-0.4, -0.2) is 19.5 Å². The van der Waals surface area contributed by atoms with Crippen molar-refractivity contribution in [3.05, 3.63) is 23.8 Å². The third-order valence-electron chi connectivity index (χ3n) is 4.33. The Morgan fingerprint density at radius 3 is 2.55 bits per heavy atom. The van der Waals surface area contributed by atoms with Crippen LogP contribution < -0.4 is 10.2 Å². The summed E-state index contributed by atoms with van der Waals surface area (Å²) in [5.41, 5.74) is -1.00. The van der Waals surface area contributed by atoms with Crippen LogP contribution in [0.2, 0.25) is 0 Å². The Hall–Kier alpha value is -1.72. The summed E-state index contributed by atoms with van der Waals surface area (Å²) < 4.78 is 39.2. The minimum atomic E-state index is -4.48. The van der Waals surface area contributed by atoms with Gasteiger partial charge >= 0.3 is 6.18 Å². The number of nitrogens with one attached hydrogen (secondary N) is 1. The Bertz CT molecular complexity index is 564. The molecule has 0 unspecified atom stereocenters.